The summed E-state index contributed by atoms with van der Waals surface area (Å²) in [5.74, 6) is -1.43. The Bertz CT molecular complexity index is 1120. The third kappa shape index (κ3) is 36.9. The van der Waals surface area contributed by atoms with Gasteiger partial charge in [0.2, 0.25) is 5.91 Å². The molecule has 1 unspecified atom stereocenters. The molecule has 0 saturated carbocycles. The SMILES string of the molecule is CC/C=C\C/C=C\C/C=C\C/C=C\C/C=C\C/C=C\CCCCC(=O)OC(/C=C\C/C=C\C/C=C\CC)CCCCCCC(=O)NCC(=O)O. The highest BCUT2D eigenvalue weighted by Crippen LogP contribution is 2.13. The zero-order valence-corrected chi connectivity index (χ0v) is 31.2. The van der Waals surface area contributed by atoms with Gasteiger partial charge in [-0.25, -0.2) is 0 Å². The van der Waals surface area contributed by atoms with Crippen molar-refractivity contribution in [3.05, 3.63) is 109 Å². The summed E-state index contributed by atoms with van der Waals surface area (Å²) in [6.45, 7) is 3.93. The van der Waals surface area contributed by atoms with E-state index in [0.717, 1.165) is 103 Å². The minimum Gasteiger partial charge on any atom is -0.480 e. The zero-order valence-electron chi connectivity index (χ0n) is 31.2. The molecule has 6 nitrogen and oxygen atoms in total. The number of rotatable bonds is 32. The number of ether oxygens (including phenoxy) is 1. The van der Waals surface area contributed by atoms with Crippen LogP contribution in [0.5, 0.6) is 0 Å². The fourth-order valence-electron chi connectivity index (χ4n) is 4.68. The van der Waals surface area contributed by atoms with Crippen molar-refractivity contribution < 1.29 is 24.2 Å². The maximum atomic E-state index is 12.6. The number of carboxylic acid groups (broad SMARTS) is 1. The molecule has 0 aliphatic carbocycles. The van der Waals surface area contributed by atoms with Crippen LogP contribution in [-0.4, -0.2) is 35.6 Å². The van der Waals surface area contributed by atoms with Gasteiger partial charge in [0.15, 0.2) is 0 Å². The summed E-state index contributed by atoms with van der Waals surface area (Å²) in [7, 11) is 0. The van der Waals surface area contributed by atoms with Crippen LogP contribution in [0.3, 0.4) is 0 Å². The van der Waals surface area contributed by atoms with E-state index in [9.17, 15) is 14.4 Å². The first-order valence-corrected chi connectivity index (χ1v) is 19.0. The lowest BCUT2D eigenvalue weighted by molar-refractivity contribution is -0.147. The second-order valence-electron chi connectivity index (χ2n) is 12.1. The lowest BCUT2D eigenvalue weighted by Crippen LogP contribution is -2.28. The normalized spacial score (nSPS) is 13.3. The van der Waals surface area contributed by atoms with Crippen LogP contribution in [0.2, 0.25) is 0 Å². The van der Waals surface area contributed by atoms with Gasteiger partial charge in [0.25, 0.3) is 0 Å². The maximum absolute atomic E-state index is 12.6. The number of hydrogen-bond donors (Lipinski definition) is 2. The molecule has 2 N–H and O–H groups in total. The van der Waals surface area contributed by atoms with E-state index in [0.29, 0.717) is 19.3 Å². The van der Waals surface area contributed by atoms with Gasteiger partial charge >= 0.3 is 11.9 Å². The molecule has 0 aromatic heterocycles. The van der Waals surface area contributed by atoms with Gasteiger partial charge in [0, 0.05) is 12.8 Å². The number of carbonyl (C=O) groups is 3. The van der Waals surface area contributed by atoms with Crippen LogP contribution in [-0.2, 0) is 19.1 Å². The van der Waals surface area contributed by atoms with Crippen molar-refractivity contribution in [3.63, 3.8) is 0 Å². The highest BCUT2D eigenvalue weighted by Gasteiger charge is 2.11. The van der Waals surface area contributed by atoms with E-state index in [2.05, 4.69) is 122 Å². The minimum absolute atomic E-state index is 0.155. The molecule has 50 heavy (non-hydrogen) atoms. The molecule has 6 heteroatoms. The molecule has 0 aromatic carbocycles. The molecule has 0 radical (unpaired) electrons. The van der Waals surface area contributed by atoms with Gasteiger partial charge < -0.3 is 15.2 Å². The zero-order chi connectivity index (χ0) is 36.6. The monoisotopic (exact) mass is 690 g/mol. The summed E-state index contributed by atoms with van der Waals surface area (Å²) >= 11 is 0. The van der Waals surface area contributed by atoms with Crippen molar-refractivity contribution in [2.24, 2.45) is 0 Å². The lowest BCUT2D eigenvalue weighted by atomic mass is 10.1. The molecule has 278 valence electrons. The molecule has 0 aliphatic heterocycles. The summed E-state index contributed by atoms with van der Waals surface area (Å²) in [6, 6.07) is 0. The van der Waals surface area contributed by atoms with Crippen LogP contribution in [0.1, 0.15) is 136 Å². The number of amides is 1. The third-order valence-electron chi connectivity index (χ3n) is 7.42. The first-order chi connectivity index (χ1) is 24.5. The second kappa shape index (κ2) is 37.9. The number of allylic oxidation sites excluding steroid dienone is 17. The predicted octanol–water partition coefficient (Wildman–Crippen LogP) is 11.6. The Labute approximate surface area is 304 Å². The molecule has 0 aromatic rings. The summed E-state index contributed by atoms with van der Waals surface area (Å²) in [4.78, 5) is 34.8. The fraction of sp³-hybridized carbons (Fsp3) is 0.523. The van der Waals surface area contributed by atoms with E-state index in [1.54, 1.807) is 0 Å². The van der Waals surface area contributed by atoms with E-state index in [4.69, 9.17) is 9.84 Å². The van der Waals surface area contributed by atoms with E-state index in [-0.39, 0.29) is 24.5 Å². The van der Waals surface area contributed by atoms with Crippen molar-refractivity contribution in [1.29, 1.82) is 0 Å². The molecule has 0 aliphatic rings. The minimum atomic E-state index is -1.04. The van der Waals surface area contributed by atoms with Crippen LogP contribution in [0.25, 0.3) is 0 Å². The topological polar surface area (TPSA) is 92.7 Å². The van der Waals surface area contributed by atoms with Gasteiger partial charge in [-0.05, 0) is 102 Å². The average Bonchev–Trinajstić information content (AvgIpc) is 3.10. The van der Waals surface area contributed by atoms with Crippen LogP contribution in [0.15, 0.2) is 109 Å². The number of carbonyl (C=O) groups excluding carboxylic acids is 2. The molecule has 0 saturated heterocycles. The third-order valence-corrected chi connectivity index (χ3v) is 7.42. The van der Waals surface area contributed by atoms with E-state index in [1.165, 1.54) is 0 Å². The summed E-state index contributed by atoms with van der Waals surface area (Å²) in [5.41, 5.74) is 0. The Balaban J connectivity index is 4.27. The molecule has 0 heterocycles. The predicted molar refractivity (Wildman–Crippen MR) is 212 cm³/mol. The first kappa shape index (κ1) is 46.1. The molecular weight excluding hydrogens is 622 g/mol. The van der Waals surface area contributed by atoms with Gasteiger partial charge in [-0.2, -0.15) is 0 Å². The van der Waals surface area contributed by atoms with Crippen molar-refractivity contribution in [2.45, 2.75) is 142 Å². The van der Waals surface area contributed by atoms with Gasteiger partial charge in [-0.3, -0.25) is 14.4 Å². The molecule has 0 bridgehead atoms. The van der Waals surface area contributed by atoms with Gasteiger partial charge in [-0.1, -0.05) is 130 Å². The summed E-state index contributed by atoms with van der Waals surface area (Å²) in [6.07, 6.45) is 55.1. The molecule has 1 atom stereocenters. The van der Waals surface area contributed by atoms with Gasteiger partial charge in [-0.15, -0.1) is 0 Å². The van der Waals surface area contributed by atoms with Crippen molar-refractivity contribution in [2.75, 3.05) is 6.54 Å². The highest BCUT2D eigenvalue weighted by atomic mass is 16.5. The van der Waals surface area contributed by atoms with Crippen LogP contribution in [0.4, 0.5) is 0 Å². The number of esters is 1. The standard InChI is InChI=1S/C44H67NO5/c1-3-5-7-9-11-13-14-15-16-17-18-19-20-21-22-23-24-25-27-29-35-39-44(49)50-41(36-32-28-26-12-10-8-6-4-2)37-33-30-31-34-38-42(46)45-40-43(47)48/h5-8,11-13,15-16,18-19,21-22,24-26,32,36,41H,3-4,9-10,14,17,20,23,27-31,33-35,37-40H2,1-2H3,(H,45,46)(H,47,48)/b7-5-,8-6-,13-11-,16-15-,19-18-,22-21-,25-24-,26-12-,36-32-. The quantitative estimate of drug-likeness (QED) is 0.0416. The molecule has 0 rings (SSSR count). The van der Waals surface area contributed by atoms with Crippen molar-refractivity contribution in [1.82, 2.24) is 5.32 Å². The molecule has 1 amide bonds. The number of hydrogen-bond acceptors (Lipinski definition) is 4. The number of aliphatic carboxylic acids is 1. The van der Waals surface area contributed by atoms with Gasteiger partial charge in [0.1, 0.15) is 12.6 Å². The lowest BCUT2D eigenvalue weighted by Gasteiger charge is -2.14. The number of nitrogens with one attached hydrogen (secondary N) is 1. The van der Waals surface area contributed by atoms with E-state index >= 15 is 0 Å². The maximum Gasteiger partial charge on any atom is 0.322 e. The molecular formula is C44H67NO5. The van der Waals surface area contributed by atoms with E-state index in [1.807, 2.05) is 6.08 Å². The van der Waals surface area contributed by atoms with Crippen molar-refractivity contribution >= 4 is 17.8 Å². The Morgan fingerprint density at radius 1 is 0.540 bits per heavy atom. The summed E-state index contributed by atoms with van der Waals surface area (Å²) < 4.78 is 5.83. The highest BCUT2D eigenvalue weighted by molar-refractivity contribution is 5.80. The molecule has 0 fully saturated rings. The summed E-state index contributed by atoms with van der Waals surface area (Å²) in [5, 5.41) is 11.0. The number of unbranched alkanes of at least 4 members (excludes halogenated alkanes) is 5. The first-order valence-electron chi connectivity index (χ1n) is 19.0. The second-order valence-corrected chi connectivity index (χ2v) is 12.1. The smallest absolute Gasteiger partial charge is 0.322 e. The fourth-order valence-corrected chi connectivity index (χ4v) is 4.68. The largest absolute Gasteiger partial charge is 0.480 e. The Kier molecular flexibility index (Phi) is 34.9. The van der Waals surface area contributed by atoms with Gasteiger partial charge in [0.05, 0.1) is 0 Å². The Morgan fingerprint density at radius 2 is 0.980 bits per heavy atom. The van der Waals surface area contributed by atoms with Crippen molar-refractivity contribution in [3.8, 4) is 0 Å². The molecule has 0 spiro atoms. The van der Waals surface area contributed by atoms with Crippen LogP contribution < -0.4 is 5.32 Å². The van der Waals surface area contributed by atoms with Crippen LogP contribution in [0, 0.1) is 0 Å². The Morgan fingerprint density at radius 3 is 1.48 bits per heavy atom. The van der Waals surface area contributed by atoms with E-state index < -0.39 is 5.97 Å². The number of carboxylic acids is 1. The Hall–Kier alpha value is -3.93. The average molecular weight is 690 g/mol. The van der Waals surface area contributed by atoms with Crippen LogP contribution >= 0.6 is 0 Å².